The lowest BCUT2D eigenvalue weighted by Crippen LogP contribution is -2.60. The highest BCUT2D eigenvalue weighted by atomic mass is 16.4. The van der Waals surface area contributed by atoms with Crippen molar-refractivity contribution < 1.29 is 58.8 Å². The largest absolute Gasteiger partial charge is 0.480 e. The SMILES string of the molecule is CCC[C@H](NC(=O)[C@@H](N)[C@H](O)C(C)C)C(=O)N[C@H](CCCN=C(N)N)C(=O)N[C@@H](CCC)C(=O)N[C@H](C(=O)NCC(=O)N[C@@H](C)C(=O)N[C@@H](CO)C(=O)O)[C@H](C)O. The Kier molecular flexibility index (Phi) is 24.3. The summed E-state index contributed by atoms with van der Waals surface area (Å²) in [7, 11) is 0. The van der Waals surface area contributed by atoms with Crippen LogP contribution >= 0.6 is 0 Å². The van der Waals surface area contributed by atoms with E-state index in [1.807, 2.05) is 5.32 Å². The first kappa shape index (κ1) is 51.9. The molecular formula is C34H63N11O12. The second-order valence-electron chi connectivity index (χ2n) is 13.8. The molecule has 0 aromatic rings. The summed E-state index contributed by atoms with van der Waals surface area (Å²) in [4.78, 5) is 106. The molecule has 0 unspecified atom stereocenters. The first-order chi connectivity index (χ1) is 26.6. The van der Waals surface area contributed by atoms with E-state index in [1.165, 1.54) is 13.8 Å². The third-order valence-corrected chi connectivity index (χ3v) is 8.41. The topological polar surface area (TPSA) is 392 Å². The number of guanidine groups is 1. The quantitative estimate of drug-likeness (QED) is 0.0209. The lowest BCUT2D eigenvalue weighted by molar-refractivity contribution is -0.143. The number of carbonyl (C=O) groups is 8. The maximum absolute atomic E-state index is 13.7. The number of aliphatic hydroxyl groups is 3. The molecule has 0 aromatic carbocycles. The highest BCUT2D eigenvalue weighted by Gasteiger charge is 2.34. The van der Waals surface area contributed by atoms with Crippen LogP contribution in [0.3, 0.4) is 0 Å². The fourth-order valence-corrected chi connectivity index (χ4v) is 5.05. The standard InChI is InChI=1S/C34H63N11O12/c1-7-10-19(43-31(54)24(35)26(49)16(3)4)28(51)42-21(12-9-13-38-34(36)37)29(52)41-20(11-8-2)30(53)45-25(18(6)47)32(55)39-14-23(48)40-17(5)27(50)44-22(15-46)33(56)57/h16-22,24-26,46-47,49H,7-15,35H2,1-6H3,(H,39,55)(H,40,48)(H,41,52)(H,42,51)(H,43,54)(H,44,50)(H,45,53)(H,56,57)(H4,36,37,38)/t17-,18-,19-,20-,21+,22-,24-,25-,26+/m0/s1. The predicted molar refractivity (Wildman–Crippen MR) is 205 cm³/mol. The molecule has 0 saturated carbocycles. The molecule has 0 heterocycles. The molecular weight excluding hydrogens is 754 g/mol. The first-order valence-electron chi connectivity index (χ1n) is 18.7. The number of amides is 7. The molecule has 0 saturated heterocycles. The maximum atomic E-state index is 13.7. The Bertz CT molecular complexity index is 1390. The van der Waals surface area contributed by atoms with Gasteiger partial charge in [0, 0.05) is 6.54 Å². The fraction of sp³-hybridized carbons (Fsp3) is 0.735. The number of carboxylic acids is 1. The third-order valence-electron chi connectivity index (χ3n) is 8.41. The van der Waals surface area contributed by atoms with Gasteiger partial charge in [-0.3, -0.25) is 38.6 Å². The lowest BCUT2D eigenvalue weighted by Gasteiger charge is -2.28. The van der Waals surface area contributed by atoms with Gasteiger partial charge < -0.3 is 74.8 Å². The molecule has 0 rings (SSSR count). The van der Waals surface area contributed by atoms with Crippen molar-refractivity contribution in [2.24, 2.45) is 28.1 Å². The monoisotopic (exact) mass is 817 g/mol. The predicted octanol–water partition coefficient (Wildman–Crippen LogP) is -5.51. The van der Waals surface area contributed by atoms with Crippen LogP contribution in [0.25, 0.3) is 0 Å². The number of nitrogens with zero attached hydrogens (tertiary/aromatic N) is 1. The van der Waals surface area contributed by atoms with E-state index in [0.717, 1.165) is 0 Å². The maximum Gasteiger partial charge on any atom is 0.328 e. The molecule has 23 heteroatoms. The van der Waals surface area contributed by atoms with Crippen molar-refractivity contribution in [2.45, 2.75) is 135 Å². The van der Waals surface area contributed by atoms with Gasteiger partial charge in [0.1, 0.15) is 42.3 Å². The van der Waals surface area contributed by atoms with Crippen molar-refractivity contribution in [3.05, 3.63) is 0 Å². The summed E-state index contributed by atoms with van der Waals surface area (Å²) in [5.74, 6) is -8.09. The molecule has 17 N–H and O–H groups in total. The van der Waals surface area contributed by atoms with Crippen LogP contribution in [0.15, 0.2) is 4.99 Å². The average molecular weight is 818 g/mol. The van der Waals surface area contributed by atoms with Crippen LogP contribution < -0.4 is 54.4 Å². The van der Waals surface area contributed by atoms with Crippen LogP contribution in [0.1, 0.15) is 80.1 Å². The van der Waals surface area contributed by atoms with Crippen molar-refractivity contribution in [3.63, 3.8) is 0 Å². The normalized spacial score (nSPS) is 15.8. The molecule has 0 fully saturated rings. The van der Waals surface area contributed by atoms with Gasteiger partial charge in [-0.1, -0.05) is 40.5 Å². The van der Waals surface area contributed by atoms with E-state index in [9.17, 15) is 48.6 Å². The minimum absolute atomic E-state index is 0.0180. The molecule has 0 aliphatic carbocycles. The highest BCUT2D eigenvalue weighted by Crippen LogP contribution is 2.09. The number of aliphatic carboxylic acids is 1. The van der Waals surface area contributed by atoms with Crippen LogP contribution in [0, 0.1) is 5.92 Å². The van der Waals surface area contributed by atoms with Crippen molar-refractivity contribution in [1.82, 2.24) is 37.2 Å². The summed E-state index contributed by atoms with van der Waals surface area (Å²) in [5, 5.41) is 55.2. The van der Waals surface area contributed by atoms with E-state index >= 15 is 0 Å². The third kappa shape index (κ3) is 19.5. The Morgan fingerprint density at radius 3 is 1.56 bits per heavy atom. The number of aliphatic hydroxyl groups excluding tert-OH is 3. The van der Waals surface area contributed by atoms with E-state index in [0.29, 0.717) is 12.8 Å². The number of nitrogens with two attached hydrogens (primary N) is 3. The fourth-order valence-electron chi connectivity index (χ4n) is 5.05. The Balaban J connectivity index is 5.91. The van der Waals surface area contributed by atoms with Gasteiger partial charge in [0.2, 0.25) is 41.4 Å². The summed E-state index contributed by atoms with van der Waals surface area (Å²) in [5.41, 5.74) is 16.7. The van der Waals surface area contributed by atoms with Gasteiger partial charge in [0.05, 0.1) is 25.4 Å². The summed E-state index contributed by atoms with van der Waals surface area (Å²) in [6.45, 7) is 7.70. The van der Waals surface area contributed by atoms with Crippen molar-refractivity contribution in [2.75, 3.05) is 19.7 Å². The number of hydrogen-bond donors (Lipinski definition) is 14. The highest BCUT2D eigenvalue weighted by molar-refractivity contribution is 5.97. The van der Waals surface area contributed by atoms with E-state index in [-0.39, 0.29) is 44.1 Å². The number of hydrogen-bond acceptors (Lipinski definition) is 13. The van der Waals surface area contributed by atoms with Crippen LogP contribution in [0.2, 0.25) is 0 Å². The molecule has 0 aliphatic heterocycles. The average Bonchev–Trinajstić information content (AvgIpc) is 3.14. The van der Waals surface area contributed by atoms with Gasteiger partial charge in [-0.15, -0.1) is 0 Å². The molecule has 57 heavy (non-hydrogen) atoms. The molecule has 326 valence electrons. The summed E-state index contributed by atoms with van der Waals surface area (Å²) in [6.07, 6.45) is -1.51. The zero-order valence-corrected chi connectivity index (χ0v) is 33.4. The van der Waals surface area contributed by atoms with Crippen molar-refractivity contribution >= 4 is 53.3 Å². The number of carboxylic acid groups (broad SMARTS) is 1. The van der Waals surface area contributed by atoms with Gasteiger partial charge in [0.15, 0.2) is 5.96 Å². The van der Waals surface area contributed by atoms with Gasteiger partial charge in [-0.2, -0.15) is 0 Å². The molecule has 7 amide bonds. The second-order valence-corrected chi connectivity index (χ2v) is 13.8. The Morgan fingerprint density at radius 1 is 0.649 bits per heavy atom. The van der Waals surface area contributed by atoms with E-state index in [2.05, 4.69) is 36.9 Å². The van der Waals surface area contributed by atoms with Gasteiger partial charge in [0.25, 0.3) is 0 Å². The van der Waals surface area contributed by atoms with Crippen LogP contribution in [-0.4, -0.2) is 148 Å². The van der Waals surface area contributed by atoms with Crippen LogP contribution in [-0.2, 0) is 38.4 Å². The summed E-state index contributed by atoms with van der Waals surface area (Å²) in [6, 6.07) is -9.54. The van der Waals surface area contributed by atoms with Crippen molar-refractivity contribution in [3.8, 4) is 0 Å². The van der Waals surface area contributed by atoms with Crippen LogP contribution in [0.4, 0.5) is 0 Å². The number of rotatable bonds is 27. The summed E-state index contributed by atoms with van der Waals surface area (Å²) >= 11 is 0. The minimum atomic E-state index is -1.63. The zero-order valence-electron chi connectivity index (χ0n) is 33.4. The first-order valence-corrected chi connectivity index (χ1v) is 18.7. The lowest BCUT2D eigenvalue weighted by atomic mass is 9.99. The molecule has 9 atom stereocenters. The van der Waals surface area contributed by atoms with E-state index in [1.54, 1.807) is 27.7 Å². The zero-order chi connectivity index (χ0) is 44.0. The molecule has 23 nitrogen and oxygen atoms in total. The van der Waals surface area contributed by atoms with Gasteiger partial charge in [-0.25, -0.2) is 4.79 Å². The number of carbonyl (C=O) groups excluding carboxylic acids is 7. The number of aliphatic imine (C=N–C) groups is 1. The van der Waals surface area contributed by atoms with E-state index < -0.39 is 115 Å². The van der Waals surface area contributed by atoms with Crippen molar-refractivity contribution in [1.29, 1.82) is 0 Å². The van der Waals surface area contributed by atoms with Gasteiger partial charge >= 0.3 is 5.97 Å². The Hall–Kier alpha value is -5.13. The summed E-state index contributed by atoms with van der Waals surface area (Å²) < 4.78 is 0. The molecule has 0 aromatic heterocycles. The van der Waals surface area contributed by atoms with E-state index in [4.69, 9.17) is 27.4 Å². The minimum Gasteiger partial charge on any atom is -0.480 e. The molecule has 0 radical (unpaired) electrons. The molecule has 0 aliphatic rings. The van der Waals surface area contributed by atoms with Crippen LogP contribution in [0.5, 0.6) is 0 Å². The smallest absolute Gasteiger partial charge is 0.328 e. The Morgan fingerprint density at radius 2 is 1.12 bits per heavy atom. The second kappa shape index (κ2) is 26.7. The van der Waals surface area contributed by atoms with Gasteiger partial charge in [-0.05, 0) is 45.4 Å². The Labute approximate surface area is 331 Å². The number of nitrogens with one attached hydrogen (secondary N) is 7. The molecule has 0 spiro atoms. The molecule has 0 bridgehead atoms.